The maximum Gasteiger partial charge on any atom is 0.269 e. The lowest BCUT2D eigenvalue weighted by molar-refractivity contribution is -0.385. The van der Waals surface area contributed by atoms with Crippen LogP contribution in [0.5, 0.6) is 0 Å². The second-order valence-electron chi connectivity index (χ2n) is 4.42. The van der Waals surface area contributed by atoms with E-state index in [1.54, 1.807) is 4.90 Å². The molecular weight excluding hydrogens is 256 g/mol. The summed E-state index contributed by atoms with van der Waals surface area (Å²) in [5.74, 6) is 0. The first-order valence-corrected chi connectivity index (χ1v) is 6.07. The van der Waals surface area contributed by atoms with E-state index in [4.69, 9.17) is 0 Å². The molecule has 1 heterocycles. The Balaban J connectivity index is 2.27. The van der Waals surface area contributed by atoms with Gasteiger partial charge in [0.1, 0.15) is 0 Å². The number of nitrogens with one attached hydrogen (secondary N) is 1. The molecule has 0 unspecified atom stereocenters. The number of hydrogen-bond acceptors (Lipinski definition) is 4. The predicted octanol–water partition coefficient (Wildman–Crippen LogP) is 1.81. The number of nitro benzene ring substituents is 1. The standard InChI is InChI=1S/C12H15F2N3O2/c13-12(14)11(16-6-4-15-5-7-16)9-2-1-3-10(8-9)17(18)19/h1-3,8,11-12,15H,4-7H2/t11-/m1/s1. The Bertz CT molecular complexity index is 450. The lowest BCUT2D eigenvalue weighted by atomic mass is 10.0. The highest BCUT2D eigenvalue weighted by Crippen LogP contribution is 2.29. The van der Waals surface area contributed by atoms with Crippen molar-refractivity contribution in [2.45, 2.75) is 12.5 Å². The van der Waals surface area contributed by atoms with Crippen molar-refractivity contribution in [3.8, 4) is 0 Å². The summed E-state index contributed by atoms with van der Waals surface area (Å²) in [5, 5.41) is 13.8. The molecule has 1 aromatic rings. The summed E-state index contributed by atoms with van der Waals surface area (Å²) >= 11 is 0. The third-order valence-corrected chi connectivity index (χ3v) is 3.21. The lowest BCUT2D eigenvalue weighted by Crippen LogP contribution is -2.46. The molecule has 0 aromatic heterocycles. The summed E-state index contributed by atoms with van der Waals surface area (Å²) in [6, 6.07) is 4.43. The zero-order valence-electron chi connectivity index (χ0n) is 10.3. The molecular formula is C12H15F2N3O2. The smallest absolute Gasteiger partial charge is 0.269 e. The Labute approximate surface area is 109 Å². The van der Waals surface area contributed by atoms with Crippen molar-refractivity contribution in [3.63, 3.8) is 0 Å². The molecule has 1 aliphatic heterocycles. The van der Waals surface area contributed by atoms with E-state index in [1.165, 1.54) is 24.3 Å². The van der Waals surface area contributed by atoms with Crippen LogP contribution in [0.25, 0.3) is 0 Å². The number of benzene rings is 1. The van der Waals surface area contributed by atoms with Crippen molar-refractivity contribution >= 4 is 5.69 Å². The van der Waals surface area contributed by atoms with Crippen molar-refractivity contribution in [3.05, 3.63) is 39.9 Å². The fraction of sp³-hybridized carbons (Fsp3) is 0.500. The normalized spacial score (nSPS) is 18.5. The van der Waals surface area contributed by atoms with Gasteiger partial charge >= 0.3 is 0 Å². The minimum absolute atomic E-state index is 0.154. The van der Waals surface area contributed by atoms with E-state index >= 15 is 0 Å². The average molecular weight is 271 g/mol. The summed E-state index contributed by atoms with van der Waals surface area (Å²) in [7, 11) is 0. The van der Waals surface area contributed by atoms with Gasteiger partial charge in [-0.2, -0.15) is 0 Å². The Hall–Kier alpha value is -1.60. The minimum Gasteiger partial charge on any atom is -0.314 e. The molecule has 0 amide bonds. The quantitative estimate of drug-likeness (QED) is 0.670. The maximum absolute atomic E-state index is 13.3. The van der Waals surface area contributed by atoms with Crippen LogP contribution in [0.1, 0.15) is 11.6 Å². The summed E-state index contributed by atoms with van der Waals surface area (Å²) in [4.78, 5) is 11.8. The van der Waals surface area contributed by atoms with Crippen molar-refractivity contribution < 1.29 is 13.7 Å². The molecule has 1 atom stereocenters. The SMILES string of the molecule is O=[N+]([O-])c1cccc([C@H](C(F)F)N2CCNCC2)c1. The number of nitro groups is 1. The lowest BCUT2D eigenvalue weighted by Gasteiger charge is -2.34. The molecule has 1 fully saturated rings. The summed E-state index contributed by atoms with van der Waals surface area (Å²) < 4.78 is 26.5. The molecule has 5 nitrogen and oxygen atoms in total. The number of non-ortho nitro benzene ring substituents is 1. The molecule has 19 heavy (non-hydrogen) atoms. The highest BCUT2D eigenvalue weighted by molar-refractivity contribution is 5.36. The van der Waals surface area contributed by atoms with Crippen LogP contribution in [-0.2, 0) is 0 Å². The first-order chi connectivity index (χ1) is 9.09. The molecule has 0 bridgehead atoms. The third kappa shape index (κ3) is 3.24. The molecule has 0 radical (unpaired) electrons. The van der Waals surface area contributed by atoms with E-state index in [9.17, 15) is 18.9 Å². The van der Waals surface area contributed by atoms with Gasteiger partial charge in [-0.25, -0.2) is 8.78 Å². The van der Waals surface area contributed by atoms with Gasteiger partial charge in [-0.3, -0.25) is 15.0 Å². The van der Waals surface area contributed by atoms with Gasteiger partial charge in [-0.1, -0.05) is 12.1 Å². The van der Waals surface area contributed by atoms with E-state index < -0.39 is 17.4 Å². The Kier molecular flexibility index (Phi) is 4.39. The van der Waals surface area contributed by atoms with Crippen LogP contribution in [0, 0.1) is 10.1 Å². The van der Waals surface area contributed by atoms with Crippen LogP contribution in [0.15, 0.2) is 24.3 Å². The van der Waals surface area contributed by atoms with Crippen LogP contribution in [0.4, 0.5) is 14.5 Å². The van der Waals surface area contributed by atoms with E-state index in [0.29, 0.717) is 31.7 Å². The number of alkyl halides is 2. The molecule has 104 valence electrons. The zero-order chi connectivity index (χ0) is 13.8. The fourth-order valence-corrected chi connectivity index (χ4v) is 2.30. The van der Waals surface area contributed by atoms with E-state index in [-0.39, 0.29) is 5.69 Å². The van der Waals surface area contributed by atoms with Crippen molar-refractivity contribution in [2.24, 2.45) is 0 Å². The molecule has 0 saturated carbocycles. The summed E-state index contributed by atoms with van der Waals surface area (Å²) in [5.41, 5.74) is 0.143. The van der Waals surface area contributed by atoms with Gasteiger partial charge in [0.25, 0.3) is 12.1 Å². The number of hydrogen-bond donors (Lipinski definition) is 1. The highest BCUT2D eigenvalue weighted by Gasteiger charge is 2.30. The molecule has 7 heteroatoms. The second-order valence-corrected chi connectivity index (χ2v) is 4.42. The molecule has 1 saturated heterocycles. The Morgan fingerprint density at radius 2 is 2.00 bits per heavy atom. The Morgan fingerprint density at radius 1 is 1.32 bits per heavy atom. The van der Waals surface area contributed by atoms with E-state index in [1.807, 2.05) is 0 Å². The molecule has 0 aliphatic carbocycles. The number of piperazine rings is 1. The van der Waals surface area contributed by atoms with Crippen molar-refractivity contribution in [1.82, 2.24) is 10.2 Å². The second kappa shape index (κ2) is 6.03. The molecule has 1 aliphatic rings. The molecule has 0 spiro atoms. The minimum atomic E-state index is -2.57. The van der Waals surface area contributed by atoms with Gasteiger partial charge in [0.05, 0.1) is 11.0 Å². The third-order valence-electron chi connectivity index (χ3n) is 3.21. The van der Waals surface area contributed by atoms with Gasteiger partial charge in [-0.05, 0) is 5.56 Å². The van der Waals surface area contributed by atoms with Crippen molar-refractivity contribution in [2.75, 3.05) is 26.2 Å². The highest BCUT2D eigenvalue weighted by atomic mass is 19.3. The fourth-order valence-electron chi connectivity index (χ4n) is 2.30. The first kappa shape index (κ1) is 13.8. The van der Waals surface area contributed by atoms with E-state index in [2.05, 4.69) is 5.32 Å². The average Bonchev–Trinajstić information content (AvgIpc) is 2.40. The van der Waals surface area contributed by atoms with Crippen LogP contribution in [0.3, 0.4) is 0 Å². The predicted molar refractivity (Wildman–Crippen MR) is 66.3 cm³/mol. The van der Waals surface area contributed by atoms with Crippen LogP contribution >= 0.6 is 0 Å². The van der Waals surface area contributed by atoms with E-state index in [0.717, 1.165) is 0 Å². The largest absolute Gasteiger partial charge is 0.314 e. The maximum atomic E-state index is 13.3. The van der Waals surface area contributed by atoms with Crippen LogP contribution in [0.2, 0.25) is 0 Å². The summed E-state index contributed by atoms with van der Waals surface area (Å²) in [6.07, 6.45) is -2.57. The number of nitrogens with zero attached hydrogens (tertiary/aromatic N) is 2. The monoisotopic (exact) mass is 271 g/mol. The van der Waals surface area contributed by atoms with Gasteiger partial charge in [0.2, 0.25) is 0 Å². The molecule has 2 rings (SSSR count). The summed E-state index contributed by atoms with van der Waals surface area (Å²) in [6.45, 7) is 2.33. The Morgan fingerprint density at radius 3 is 2.58 bits per heavy atom. The topological polar surface area (TPSA) is 58.4 Å². The van der Waals surface area contributed by atoms with Crippen LogP contribution in [-0.4, -0.2) is 42.4 Å². The zero-order valence-corrected chi connectivity index (χ0v) is 10.3. The van der Waals surface area contributed by atoms with Gasteiger partial charge in [0.15, 0.2) is 0 Å². The first-order valence-electron chi connectivity index (χ1n) is 6.07. The van der Waals surface area contributed by atoms with Crippen molar-refractivity contribution in [1.29, 1.82) is 0 Å². The van der Waals surface area contributed by atoms with Gasteiger partial charge in [0, 0.05) is 38.3 Å². The van der Waals surface area contributed by atoms with Gasteiger partial charge < -0.3 is 5.32 Å². The van der Waals surface area contributed by atoms with Crippen LogP contribution < -0.4 is 5.32 Å². The van der Waals surface area contributed by atoms with Gasteiger partial charge in [-0.15, -0.1) is 0 Å². The number of halogens is 2. The number of rotatable bonds is 4. The molecule has 1 aromatic carbocycles. The molecule has 1 N–H and O–H groups in total.